The maximum absolute atomic E-state index is 11.3. The molecule has 0 saturated heterocycles. The van der Waals surface area contributed by atoms with Crippen LogP contribution in [0.3, 0.4) is 0 Å². The van der Waals surface area contributed by atoms with E-state index in [1.165, 1.54) is 29.4 Å². The van der Waals surface area contributed by atoms with Crippen molar-refractivity contribution < 1.29 is 9.53 Å². The van der Waals surface area contributed by atoms with E-state index >= 15 is 0 Å². The van der Waals surface area contributed by atoms with Gasteiger partial charge in [-0.25, -0.2) is 0 Å². The molecule has 1 aromatic rings. The number of hydrogen-bond acceptors (Lipinski definition) is 2. The summed E-state index contributed by atoms with van der Waals surface area (Å²) in [5.74, 6) is 1.22. The van der Waals surface area contributed by atoms with Crippen LogP contribution in [0, 0.1) is 0 Å². The molecule has 0 unspecified atom stereocenters. The van der Waals surface area contributed by atoms with E-state index in [0.717, 1.165) is 0 Å². The minimum Gasteiger partial charge on any atom is -0.469 e. The fourth-order valence-electron chi connectivity index (χ4n) is 2.56. The number of carbonyl (C=O) groups excluding carboxylic acids is 1. The average molecular weight is 302 g/mol. The van der Waals surface area contributed by atoms with Gasteiger partial charge in [-0.05, 0) is 40.0 Å². The van der Waals surface area contributed by atoms with Crippen LogP contribution in [0.4, 0.5) is 0 Å². The van der Waals surface area contributed by atoms with E-state index in [4.69, 9.17) is 4.74 Å². The zero-order valence-corrected chi connectivity index (χ0v) is 15.1. The second-order valence-corrected chi connectivity index (χ2v) is 6.76. The lowest BCUT2D eigenvalue weighted by atomic mass is 9.84. The molecule has 0 aliphatic rings. The maximum Gasteiger partial charge on any atom is 0.309 e. The van der Waals surface area contributed by atoms with Crippen LogP contribution in [0.1, 0.15) is 88.0 Å². The zero-order chi connectivity index (χ0) is 16.9. The third kappa shape index (κ3) is 4.72. The topological polar surface area (TPSA) is 26.3 Å². The van der Waals surface area contributed by atoms with Crippen molar-refractivity contribution in [2.24, 2.45) is 0 Å². The smallest absolute Gasteiger partial charge is 0.309 e. The quantitative estimate of drug-likeness (QED) is 0.636. The van der Waals surface area contributed by atoms with Crippen LogP contribution >= 0.6 is 0 Å². The van der Waals surface area contributed by atoms with Crippen molar-refractivity contribution in [1.29, 1.82) is 0 Å². The Hall–Kier alpha value is -1.57. The van der Waals surface area contributed by atoms with Gasteiger partial charge >= 0.3 is 5.97 Å². The number of carbonyl (C=O) groups is 1. The van der Waals surface area contributed by atoms with E-state index < -0.39 is 0 Å². The summed E-state index contributed by atoms with van der Waals surface area (Å²) in [4.78, 5) is 11.3. The number of benzene rings is 1. The minimum absolute atomic E-state index is 0.202. The van der Waals surface area contributed by atoms with Gasteiger partial charge in [-0.3, -0.25) is 4.79 Å². The van der Waals surface area contributed by atoms with Crippen molar-refractivity contribution in [2.45, 2.75) is 65.7 Å². The number of ether oxygens (including phenoxy) is 1. The van der Waals surface area contributed by atoms with Gasteiger partial charge in [-0.1, -0.05) is 65.8 Å². The van der Waals surface area contributed by atoms with Crippen LogP contribution in [0.25, 0.3) is 6.08 Å². The van der Waals surface area contributed by atoms with Gasteiger partial charge in [0.15, 0.2) is 0 Å². The highest BCUT2D eigenvalue weighted by atomic mass is 16.5. The van der Waals surface area contributed by atoms with E-state index in [0.29, 0.717) is 24.2 Å². The van der Waals surface area contributed by atoms with Gasteiger partial charge in [0.2, 0.25) is 0 Å². The molecule has 0 saturated carbocycles. The first-order chi connectivity index (χ1) is 10.3. The van der Waals surface area contributed by atoms with Gasteiger partial charge in [0.1, 0.15) is 0 Å². The molecule has 2 nitrogen and oxygen atoms in total. The SMILES string of the molecule is COC(=O)CC=Cc1c(C(C)C)cc(C(C)C)cc1C(C)C. The third-order valence-corrected chi connectivity index (χ3v) is 3.97. The molecule has 122 valence electrons. The normalized spacial score (nSPS) is 11.9. The Balaban J connectivity index is 3.35. The van der Waals surface area contributed by atoms with Gasteiger partial charge in [-0.2, -0.15) is 0 Å². The van der Waals surface area contributed by atoms with Gasteiger partial charge in [0.05, 0.1) is 13.5 Å². The number of esters is 1. The average Bonchev–Trinajstić information content (AvgIpc) is 2.45. The molecule has 0 aromatic heterocycles. The van der Waals surface area contributed by atoms with Crippen molar-refractivity contribution in [3.05, 3.63) is 40.5 Å². The Kier molecular flexibility index (Phi) is 6.86. The predicted molar refractivity (Wildman–Crippen MR) is 94.4 cm³/mol. The molecule has 0 radical (unpaired) electrons. The number of methoxy groups -OCH3 is 1. The molecule has 0 heterocycles. The summed E-state index contributed by atoms with van der Waals surface area (Å²) >= 11 is 0. The molecular weight excluding hydrogens is 272 g/mol. The van der Waals surface area contributed by atoms with E-state index in [-0.39, 0.29) is 5.97 Å². The molecule has 0 bridgehead atoms. The molecule has 0 atom stereocenters. The van der Waals surface area contributed by atoms with Crippen molar-refractivity contribution in [1.82, 2.24) is 0 Å². The number of rotatable bonds is 6. The lowest BCUT2D eigenvalue weighted by Gasteiger charge is -2.21. The molecule has 1 aromatic carbocycles. The van der Waals surface area contributed by atoms with Crippen LogP contribution in [0.15, 0.2) is 18.2 Å². The fraction of sp³-hybridized carbons (Fsp3) is 0.550. The standard InChI is InChI=1S/C20H30O2/c1-13(2)16-11-18(14(3)4)17(19(12-16)15(5)6)9-8-10-20(21)22-7/h8-9,11-15H,10H2,1-7H3. The fourth-order valence-corrected chi connectivity index (χ4v) is 2.56. The van der Waals surface area contributed by atoms with Crippen molar-refractivity contribution >= 4 is 12.0 Å². The summed E-state index contributed by atoms with van der Waals surface area (Å²) in [5.41, 5.74) is 5.36. The molecule has 0 spiro atoms. The highest BCUT2D eigenvalue weighted by Crippen LogP contribution is 2.33. The van der Waals surface area contributed by atoms with Gasteiger partial charge in [0, 0.05) is 0 Å². The molecule has 1 rings (SSSR count). The molecule has 22 heavy (non-hydrogen) atoms. The summed E-state index contributed by atoms with van der Waals surface area (Å²) in [6, 6.07) is 4.64. The van der Waals surface area contributed by atoms with Crippen LogP contribution in [0.2, 0.25) is 0 Å². The lowest BCUT2D eigenvalue weighted by molar-refractivity contribution is -0.139. The zero-order valence-electron chi connectivity index (χ0n) is 15.1. The van der Waals surface area contributed by atoms with Crippen LogP contribution in [-0.4, -0.2) is 13.1 Å². The predicted octanol–water partition coefficient (Wildman–Crippen LogP) is 5.63. The number of hydrogen-bond donors (Lipinski definition) is 0. The van der Waals surface area contributed by atoms with E-state index in [1.807, 2.05) is 6.08 Å². The summed E-state index contributed by atoms with van der Waals surface area (Å²) in [6.45, 7) is 13.4. The Morgan fingerprint density at radius 3 is 1.86 bits per heavy atom. The molecule has 0 amide bonds. The third-order valence-electron chi connectivity index (χ3n) is 3.97. The molecule has 0 fully saturated rings. The first kappa shape index (κ1) is 18.5. The maximum atomic E-state index is 11.3. The first-order valence-corrected chi connectivity index (χ1v) is 8.19. The van der Waals surface area contributed by atoms with E-state index in [1.54, 1.807) is 0 Å². The second-order valence-electron chi connectivity index (χ2n) is 6.76. The van der Waals surface area contributed by atoms with Gasteiger partial charge in [0.25, 0.3) is 0 Å². The molecule has 2 heteroatoms. The van der Waals surface area contributed by atoms with Crippen LogP contribution < -0.4 is 0 Å². The Morgan fingerprint density at radius 2 is 1.50 bits per heavy atom. The van der Waals surface area contributed by atoms with Gasteiger partial charge in [-0.15, -0.1) is 0 Å². The minimum atomic E-state index is -0.202. The van der Waals surface area contributed by atoms with Gasteiger partial charge < -0.3 is 4.74 Å². The summed E-state index contributed by atoms with van der Waals surface area (Å²) < 4.78 is 4.70. The Labute approximate surface area is 135 Å². The Bertz CT molecular complexity index is 508. The van der Waals surface area contributed by atoms with Crippen molar-refractivity contribution in [3.63, 3.8) is 0 Å². The highest BCUT2D eigenvalue weighted by molar-refractivity contribution is 5.73. The van der Waals surface area contributed by atoms with E-state index in [2.05, 4.69) is 59.8 Å². The van der Waals surface area contributed by atoms with E-state index in [9.17, 15) is 4.79 Å². The molecule has 0 N–H and O–H groups in total. The van der Waals surface area contributed by atoms with Crippen molar-refractivity contribution in [3.8, 4) is 0 Å². The van der Waals surface area contributed by atoms with Crippen molar-refractivity contribution in [2.75, 3.05) is 7.11 Å². The monoisotopic (exact) mass is 302 g/mol. The Morgan fingerprint density at radius 1 is 1.00 bits per heavy atom. The second kappa shape index (κ2) is 8.17. The highest BCUT2D eigenvalue weighted by Gasteiger charge is 2.15. The summed E-state index contributed by atoms with van der Waals surface area (Å²) in [6.07, 6.45) is 4.32. The summed E-state index contributed by atoms with van der Waals surface area (Å²) in [5, 5.41) is 0. The largest absolute Gasteiger partial charge is 0.469 e. The first-order valence-electron chi connectivity index (χ1n) is 8.19. The summed E-state index contributed by atoms with van der Waals surface area (Å²) in [7, 11) is 1.42. The van der Waals surface area contributed by atoms with Crippen LogP contribution in [-0.2, 0) is 9.53 Å². The molecular formula is C20H30O2. The molecule has 0 aliphatic heterocycles. The molecule has 0 aliphatic carbocycles. The van der Waals surface area contributed by atoms with Crippen LogP contribution in [0.5, 0.6) is 0 Å². The lowest BCUT2D eigenvalue weighted by Crippen LogP contribution is -2.04.